The van der Waals surface area contributed by atoms with E-state index in [1.165, 1.54) is 0 Å². The molecule has 1 aliphatic heterocycles. The second-order valence-corrected chi connectivity index (χ2v) is 5.02. The topological polar surface area (TPSA) is 67.6 Å². The van der Waals surface area contributed by atoms with E-state index in [2.05, 4.69) is 10.2 Å². The molecule has 0 spiro atoms. The maximum absolute atomic E-state index is 11.7. The quantitative estimate of drug-likeness (QED) is 0.658. The molecule has 0 aromatic rings. The number of carbonyl (C=O) groups is 1. The highest BCUT2D eigenvalue weighted by atomic mass is 16.5. The Labute approximate surface area is 110 Å². The predicted octanol–water partition coefficient (Wildman–Crippen LogP) is 0.341. The number of rotatable bonds is 8. The lowest BCUT2D eigenvalue weighted by Crippen LogP contribution is -2.44. The Morgan fingerprint density at radius 1 is 1.61 bits per heavy atom. The van der Waals surface area contributed by atoms with Crippen molar-refractivity contribution in [1.29, 1.82) is 0 Å². The zero-order valence-corrected chi connectivity index (χ0v) is 11.7. The Bertz CT molecular complexity index is 242. The van der Waals surface area contributed by atoms with Crippen LogP contribution in [0.5, 0.6) is 0 Å². The SMILES string of the molecule is CCCNC(=O)CC(CN)N(C)CC1CCCO1. The van der Waals surface area contributed by atoms with Crippen molar-refractivity contribution in [1.82, 2.24) is 10.2 Å². The van der Waals surface area contributed by atoms with Crippen LogP contribution in [0, 0.1) is 0 Å². The van der Waals surface area contributed by atoms with Crippen LogP contribution in [0.4, 0.5) is 0 Å². The van der Waals surface area contributed by atoms with Gasteiger partial charge < -0.3 is 15.8 Å². The molecule has 0 saturated carbocycles. The van der Waals surface area contributed by atoms with Crippen LogP contribution in [0.1, 0.15) is 32.6 Å². The molecule has 18 heavy (non-hydrogen) atoms. The number of nitrogens with two attached hydrogens (primary N) is 1. The molecule has 2 atom stereocenters. The monoisotopic (exact) mass is 257 g/mol. The van der Waals surface area contributed by atoms with Gasteiger partial charge in [0.1, 0.15) is 0 Å². The van der Waals surface area contributed by atoms with Gasteiger partial charge in [-0.05, 0) is 26.3 Å². The maximum atomic E-state index is 11.7. The number of likely N-dealkylation sites (N-methyl/N-ethyl adjacent to an activating group) is 1. The summed E-state index contributed by atoms with van der Waals surface area (Å²) in [4.78, 5) is 13.8. The van der Waals surface area contributed by atoms with Gasteiger partial charge in [0.2, 0.25) is 5.91 Å². The Balaban J connectivity index is 2.31. The first kappa shape index (κ1) is 15.4. The molecular weight excluding hydrogens is 230 g/mol. The summed E-state index contributed by atoms with van der Waals surface area (Å²) in [5.74, 6) is 0.0893. The standard InChI is InChI=1S/C13H27N3O2/c1-3-6-15-13(17)8-11(9-14)16(2)10-12-5-4-7-18-12/h11-12H,3-10,14H2,1-2H3,(H,15,17). The molecule has 0 radical (unpaired) electrons. The third-order valence-electron chi connectivity index (χ3n) is 3.40. The minimum absolute atomic E-state index is 0.0893. The molecule has 0 aromatic carbocycles. The van der Waals surface area contributed by atoms with Gasteiger partial charge in [-0.3, -0.25) is 9.69 Å². The molecule has 2 unspecified atom stereocenters. The lowest BCUT2D eigenvalue weighted by Gasteiger charge is -2.28. The summed E-state index contributed by atoms with van der Waals surface area (Å²) in [5, 5.41) is 2.89. The van der Waals surface area contributed by atoms with E-state index in [1.807, 2.05) is 14.0 Å². The molecule has 1 saturated heterocycles. The summed E-state index contributed by atoms with van der Waals surface area (Å²) in [6.45, 7) is 5.02. The van der Waals surface area contributed by atoms with Gasteiger partial charge in [0.05, 0.1) is 6.10 Å². The molecule has 1 rings (SSSR count). The number of nitrogens with zero attached hydrogens (tertiary/aromatic N) is 1. The van der Waals surface area contributed by atoms with Crippen LogP contribution in [0.3, 0.4) is 0 Å². The van der Waals surface area contributed by atoms with Crippen LogP contribution in [0.25, 0.3) is 0 Å². The Morgan fingerprint density at radius 3 is 2.94 bits per heavy atom. The molecule has 5 nitrogen and oxygen atoms in total. The molecule has 0 aliphatic carbocycles. The zero-order valence-electron chi connectivity index (χ0n) is 11.7. The molecule has 106 valence electrons. The molecule has 0 bridgehead atoms. The Hall–Kier alpha value is -0.650. The first-order valence-corrected chi connectivity index (χ1v) is 6.96. The van der Waals surface area contributed by atoms with Crippen molar-refractivity contribution in [2.75, 3.05) is 33.3 Å². The Morgan fingerprint density at radius 2 is 2.39 bits per heavy atom. The van der Waals surface area contributed by atoms with E-state index >= 15 is 0 Å². The van der Waals surface area contributed by atoms with Crippen molar-refractivity contribution >= 4 is 5.91 Å². The van der Waals surface area contributed by atoms with Gasteiger partial charge in [-0.2, -0.15) is 0 Å². The highest BCUT2D eigenvalue weighted by Gasteiger charge is 2.22. The molecular formula is C13H27N3O2. The molecule has 1 amide bonds. The smallest absolute Gasteiger partial charge is 0.221 e. The number of hydrogen-bond donors (Lipinski definition) is 2. The summed E-state index contributed by atoms with van der Waals surface area (Å²) in [5.41, 5.74) is 5.76. The van der Waals surface area contributed by atoms with E-state index in [9.17, 15) is 4.79 Å². The summed E-state index contributed by atoms with van der Waals surface area (Å²) in [6, 6.07) is 0.103. The predicted molar refractivity (Wildman–Crippen MR) is 72.4 cm³/mol. The van der Waals surface area contributed by atoms with E-state index in [0.29, 0.717) is 19.1 Å². The van der Waals surface area contributed by atoms with Gasteiger partial charge in [0, 0.05) is 38.7 Å². The maximum Gasteiger partial charge on any atom is 0.221 e. The fourth-order valence-corrected chi connectivity index (χ4v) is 2.23. The highest BCUT2D eigenvalue weighted by Crippen LogP contribution is 2.14. The minimum atomic E-state index is 0.0893. The second kappa shape index (κ2) is 8.45. The molecule has 3 N–H and O–H groups in total. The van der Waals surface area contributed by atoms with Gasteiger partial charge >= 0.3 is 0 Å². The lowest BCUT2D eigenvalue weighted by molar-refractivity contribution is -0.122. The Kier molecular flexibility index (Phi) is 7.23. The number of nitrogens with one attached hydrogen (secondary N) is 1. The van der Waals surface area contributed by atoms with Crippen molar-refractivity contribution in [2.24, 2.45) is 5.73 Å². The van der Waals surface area contributed by atoms with Gasteiger partial charge in [-0.25, -0.2) is 0 Å². The molecule has 1 aliphatic rings. The van der Waals surface area contributed by atoms with Gasteiger partial charge in [0.25, 0.3) is 0 Å². The lowest BCUT2D eigenvalue weighted by atomic mass is 10.1. The van der Waals surface area contributed by atoms with Crippen LogP contribution in [0.2, 0.25) is 0 Å². The first-order valence-electron chi connectivity index (χ1n) is 6.96. The number of amides is 1. The van der Waals surface area contributed by atoms with Crippen LogP contribution in [0.15, 0.2) is 0 Å². The van der Waals surface area contributed by atoms with Gasteiger partial charge in [-0.15, -0.1) is 0 Å². The number of hydrogen-bond acceptors (Lipinski definition) is 4. The van der Waals surface area contributed by atoms with Crippen molar-refractivity contribution in [3.63, 3.8) is 0 Å². The minimum Gasteiger partial charge on any atom is -0.377 e. The zero-order chi connectivity index (χ0) is 13.4. The summed E-state index contributed by atoms with van der Waals surface area (Å²) in [7, 11) is 2.02. The normalized spacial score (nSPS) is 21.2. The number of carbonyl (C=O) groups excluding carboxylic acids is 1. The van der Waals surface area contributed by atoms with Crippen LogP contribution in [-0.4, -0.2) is 56.2 Å². The van der Waals surface area contributed by atoms with Crippen LogP contribution < -0.4 is 11.1 Å². The average Bonchev–Trinajstić information content (AvgIpc) is 2.86. The van der Waals surface area contributed by atoms with Crippen LogP contribution in [-0.2, 0) is 9.53 Å². The third-order valence-corrected chi connectivity index (χ3v) is 3.40. The third kappa shape index (κ3) is 5.33. The highest BCUT2D eigenvalue weighted by molar-refractivity contribution is 5.76. The first-order chi connectivity index (χ1) is 8.67. The van der Waals surface area contributed by atoms with Crippen LogP contribution >= 0.6 is 0 Å². The average molecular weight is 257 g/mol. The van der Waals surface area contributed by atoms with Crippen molar-refractivity contribution in [3.8, 4) is 0 Å². The summed E-state index contributed by atoms with van der Waals surface area (Å²) < 4.78 is 5.61. The molecule has 1 fully saturated rings. The van der Waals surface area contributed by atoms with E-state index in [0.717, 1.165) is 39.0 Å². The molecule has 1 heterocycles. The second-order valence-electron chi connectivity index (χ2n) is 5.02. The molecule has 0 aromatic heterocycles. The summed E-state index contributed by atoms with van der Waals surface area (Å²) in [6.07, 6.45) is 4.00. The van der Waals surface area contributed by atoms with E-state index in [1.54, 1.807) is 0 Å². The van der Waals surface area contributed by atoms with Crippen molar-refractivity contribution < 1.29 is 9.53 Å². The van der Waals surface area contributed by atoms with Crippen molar-refractivity contribution in [2.45, 2.75) is 44.8 Å². The van der Waals surface area contributed by atoms with E-state index in [4.69, 9.17) is 10.5 Å². The van der Waals surface area contributed by atoms with E-state index in [-0.39, 0.29) is 11.9 Å². The molecule has 5 heteroatoms. The summed E-state index contributed by atoms with van der Waals surface area (Å²) >= 11 is 0. The van der Waals surface area contributed by atoms with Gasteiger partial charge in [0.15, 0.2) is 0 Å². The van der Waals surface area contributed by atoms with Crippen molar-refractivity contribution in [3.05, 3.63) is 0 Å². The largest absolute Gasteiger partial charge is 0.377 e. The van der Waals surface area contributed by atoms with Gasteiger partial charge in [-0.1, -0.05) is 6.92 Å². The number of ether oxygens (including phenoxy) is 1. The van der Waals surface area contributed by atoms with E-state index < -0.39 is 0 Å². The fourth-order valence-electron chi connectivity index (χ4n) is 2.23. The fraction of sp³-hybridized carbons (Fsp3) is 0.923.